The van der Waals surface area contributed by atoms with Crippen LogP contribution in [0.4, 0.5) is 0 Å². The number of carbonyl (C=O) groups is 1. The van der Waals surface area contributed by atoms with Gasteiger partial charge < -0.3 is 9.53 Å². The average molecular weight is 302 g/mol. The molecule has 3 rings (SSSR count). The van der Waals surface area contributed by atoms with Gasteiger partial charge in [0.2, 0.25) is 0 Å². The highest BCUT2D eigenvalue weighted by atomic mass is 16.5. The van der Waals surface area contributed by atoms with Crippen LogP contribution in [-0.2, 0) is 16.1 Å². The molecule has 0 N–H and O–H groups in total. The van der Waals surface area contributed by atoms with Crippen LogP contribution in [0.1, 0.15) is 25.3 Å². The molecule has 0 radical (unpaired) electrons. The minimum atomic E-state index is -0.295. The zero-order valence-corrected chi connectivity index (χ0v) is 13.4. The Labute approximate surface area is 133 Å². The monoisotopic (exact) mass is 302 g/mol. The first-order chi connectivity index (χ1) is 10.7. The topological polar surface area (TPSA) is 32.8 Å². The molecule has 1 aromatic carbocycles. The highest BCUT2D eigenvalue weighted by Gasteiger charge is 2.41. The van der Waals surface area contributed by atoms with Crippen molar-refractivity contribution >= 4 is 6.29 Å². The Morgan fingerprint density at radius 1 is 1.23 bits per heavy atom. The van der Waals surface area contributed by atoms with E-state index in [-0.39, 0.29) is 11.6 Å². The molecule has 0 aliphatic carbocycles. The number of benzene rings is 1. The predicted molar refractivity (Wildman–Crippen MR) is 86.7 cm³/mol. The zero-order valence-electron chi connectivity index (χ0n) is 13.4. The summed E-state index contributed by atoms with van der Waals surface area (Å²) in [5.74, 6) is 0. The molecule has 2 heterocycles. The lowest BCUT2D eigenvalue weighted by Crippen LogP contribution is -2.60. The molecule has 2 fully saturated rings. The fourth-order valence-electron chi connectivity index (χ4n) is 3.76. The van der Waals surface area contributed by atoms with E-state index in [1.165, 1.54) is 11.8 Å². The molecule has 2 aliphatic heterocycles. The van der Waals surface area contributed by atoms with E-state index in [1.807, 2.05) is 0 Å². The van der Waals surface area contributed by atoms with Gasteiger partial charge in [-0.1, -0.05) is 30.3 Å². The number of carbonyl (C=O) groups excluding carboxylic acids is 1. The van der Waals surface area contributed by atoms with Crippen molar-refractivity contribution in [1.82, 2.24) is 9.80 Å². The standard InChI is InChI=1S/C18H26N2O2/c1-16-13-18(15-21,7-12-22-16)20-10-8-19(9-11-20)14-17-5-3-2-4-6-17/h2-6,15-16H,7-14H2,1H3. The minimum Gasteiger partial charge on any atom is -0.378 e. The Hall–Kier alpha value is -1.23. The van der Waals surface area contributed by atoms with Gasteiger partial charge in [0.05, 0.1) is 11.6 Å². The van der Waals surface area contributed by atoms with Crippen molar-refractivity contribution in [3.63, 3.8) is 0 Å². The second-order valence-electron chi connectivity index (χ2n) is 6.61. The van der Waals surface area contributed by atoms with E-state index in [2.05, 4.69) is 47.1 Å². The third kappa shape index (κ3) is 3.40. The Bertz CT molecular complexity index is 485. The summed E-state index contributed by atoms with van der Waals surface area (Å²) < 4.78 is 5.63. The largest absolute Gasteiger partial charge is 0.378 e. The summed E-state index contributed by atoms with van der Waals surface area (Å²) >= 11 is 0. The molecular weight excluding hydrogens is 276 g/mol. The van der Waals surface area contributed by atoms with E-state index in [0.29, 0.717) is 6.61 Å². The van der Waals surface area contributed by atoms with Gasteiger partial charge in [-0.3, -0.25) is 9.80 Å². The Morgan fingerprint density at radius 2 is 1.95 bits per heavy atom. The quantitative estimate of drug-likeness (QED) is 0.796. The van der Waals surface area contributed by atoms with Gasteiger partial charge in [-0.15, -0.1) is 0 Å². The number of hydrogen-bond acceptors (Lipinski definition) is 4. The molecule has 2 saturated heterocycles. The first kappa shape index (κ1) is 15.7. The van der Waals surface area contributed by atoms with Gasteiger partial charge in [-0.2, -0.15) is 0 Å². The highest BCUT2D eigenvalue weighted by molar-refractivity contribution is 5.64. The number of piperazine rings is 1. The number of aldehydes is 1. The molecule has 2 unspecified atom stereocenters. The van der Waals surface area contributed by atoms with Crippen LogP contribution < -0.4 is 0 Å². The molecular formula is C18H26N2O2. The van der Waals surface area contributed by atoms with Gasteiger partial charge in [-0.05, 0) is 25.3 Å². The first-order valence-corrected chi connectivity index (χ1v) is 8.31. The van der Waals surface area contributed by atoms with E-state index in [0.717, 1.165) is 45.6 Å². The Morgan fingerprint density at radius 3 is 2.59 bits per heavy atom. The lowest BCUT2D eigenvalue weighted by Gasteiger charge is -2.47. The van der Waals surface area contributed by atoms with Gasteiger partial charge in [0, 0.05) is 39.3 Å². The molecule has 0 aromatic heterocycles. The van der Waals surface area contributed by atoms with Crippen LogP contribution in [0.5, 0.6) is 0 Å². The van der Waals surface area contributed by atoms with Gasteiger partial charge >= 0.3 is 0 Å². The zero-order chi connectivity index (χ0) is 15.4. The van der Waals surface area contributed by atoms with Crippen LogP contribution in [0.2, 0.25) is 0 Å². The summed E-state index contributed by atoms with van der Waals surface area (Å²) in [5, 5.41) is 0. The summed E-state index contributed by atoms with van der Waals surface area (Å²) in [6.45, 7) is 7.77. The number of ether oxygens (including phenoxy) is 1. The SMILES string of the molecule is CC1CC(C=O)(N2CCN(Cc3ccccc3)CC2)CCO1. The molecule has 120 valence electrons. The van der Waals surface area contributed by atoms with E-state index >= 15 is 0 Å². The van der Waals surface area contributed by atoms with Crippen LogP contribution in [-0.4, -0.2) is 60.5 Å². The first-order valence-electron chi connectivity index (χ1n) is 8.31. The van der Waals surface area contributed by atoms with Crippen molar-refractivity contribution in [2.45, 2.75) is 38.0 Å². The molecule has 2 aliphatic rings. The molecule has 2 atom stereocenters. The van der Waals surface area contributed by atoms with Crippen molar-refractivity contribution in [2.24, 2.45) is 0 Å². The third-order valence-corrected chi connectivity index (χ3v) is 5.05. The van der Waals surface area contributed by atoms with Crippen molar-refractivity contribution in [1.29, 1.82) is 0 Å². The highest BCUT2D eigenvalue weighted by Crippen LogP contribution is 2.30. The maximum atomic E-state index is 11.8. The number of nitrogens with zero attached hydrogens (tertiary/aromatic N) is 2. The van der Waals surface area contributed by atoms with Crippen LogP contribution in [0.15, 0.2) is 30.3 Å². The van der Waals surface area contributed by atoms with E-state index in [4.69, 9.17) is 4.74 Å². The Balaban J connectivity index is 1.57. The summed E-state index contributed by atoms with van der Waals surface area (Å²) in [7, 11) is 0. The fraction of sp³-hybridized carbons (Fsp3) is 0.611. The van der Waals surface area contributed by atoms with Crippen molar-refractivity contribution in [2.75, 3.05) is 32.8 Å². The normalized spacial score (nSPS) is 31.0. The van der Waals surface area contributed by atoms with Crippen LogP contribution >= 0.6 is 0 Å². The predicted octanol–water partition coefficient (Wildman–Crippen LogP) is 1.94. The lowest BCUT2D eigenvalue weighted by molar-refractivity contribution is -0.132. The smallest absolute Gasteiger partial charge is 0.140 e. The average Bonchev–Trinajstić information content (AvgIpc) is 2.56. The van der Waals surface area contributed by atoms with E-state index < -0.39 is 0 Å². The van der Waals surface area contributed by atoms with Gasteiger partial charge in [0.25, 0.3) is 0 Å². The summed E-state index contributed by atoms with van der Waals surface area (Å²) in [5.41, 5.74) is 1.07. The molecule has 22 heavy (non-hydrogen) atoms. The molecule has 4 nitrogen and oxygen atoms in total. The molecule has 0 saturated carbocycles. The van der Waals surface area contributed by atoms with Gasteiger partial charge in [0.1, 0.15) is 6.29 Å². The van der Waals surface area contributed by atoms with E-state index in [1.54, 1.807) is 0 Å². The number of rotatable bonds is 4. The van der Waals surface area contributed by atoms with Gasteiger partial charge in [-0.25, -0.2) is 0 Å². The molecule has 0 amide bonds. The maximum absolute atomic E-state index is 11.8. The van der Waals surface area contributed by atoms with Crippen LogP contribution in [0, 0.1) is 0 Å². The van der Waals surface area contributed by atoms with Gasteiger partial charge in [0.15, 0.2) is 0 Å². The Kier molecular flexibility index (Phi) is 4.91. The summed E-state index contributed by atoms with van der Waals surface area (Å²) in [6.07, 6.45) is 3.02. The second-order valence-corrected chi connectivity index (χ2v) is 6.61. The summed E-state index contributed by atoms with van der Waals surface area (Å²) in [6, 6.07) is 10.6. The van der Waals surface area contributed by atoms with Crippen molar-refractivity contribution in [3.8, 4) is 0 Å². The van der Waals surface area contributed by atoms with Crippen LogP contribution in [0.3, 0.4) is 0 Å². The maximum Gasteiger partial charge on any atom is 0.140 e. The molecule has 0 bridgehead atoms. The minimum absolute atomic E-state index is 0.182. The molecule has 4 heteroatoms. The second kappa shape index (κ2) is 6.90. The fourth-order valence-corrected chi connectivity index (χ4v) is 3.76. The van der Waals surface area contributed by atoms with Crippen LogP contribution in [0.25, 0.3) is 0 Å². The van der Waals surface area contributed by atoms with E-state index in [9.17, 15) is 4.79 Å². The summed E-state index contributed by atoms with van der Waals surface area (Å²) in [4.78, 5) is 16.7. The lowest BCUT2D eigenvalue weighted by atomic mass is 9.86. The van der Waals surface area contributed by atoms with Crippen molar-refractivity contribution < 1.29 is 9.53 Å². The third-order valence-electron chi connectivity index (χ3n) is 5.05. The van der Waals surface area contributed by atoms with Crippen molar-refractivity contribution in [3.05, 3.63) is 35.9 Å². The molecule has 0 spiro atoms. The molecule has 1 aromatic rings. The number of hydrogen-bond donors (Lipinski definition) is 0.